The van der Waals surface area contributed by atoms with Crippen molar-refractivity contribution in [2.45, 2.75) is 38.3 Å². The molecule has 1 aliphatic rings. The number of para-hydroxylation sites is 1. The maximum atomic E-state index is 9.17. The molecule has 0 spiro atoms. The molecule has 112 valence electrons. The largest absolute Gasteiger partial charge is 0.493 e. The normalized spacial score (nSPS) is 19.9. The van der Waals surface area contributed by atoms with Crippen LogP contribution in [0, 0.1) is 6.92 Å². The van der Waals surface area contributed by atoms with Gasteiger partial charge in [-0.2, -0.15) is 0 Å². The van der Waals surface area contributed by atoms with Gasteiger partial charge in [0.05, 0.1) is 13.2 Å². The Hall–Kier alpha value is -1.10. The lowest BCUT2D eigenvalue weighted by molar-refractivity contribution is 0.141. The minimum Gasteiger partial charge on any atom is -0.493 e. The molecule has 4 nitrogen and oxygen atoms in total. The van der Waals surface area contributed by atoms with E-state index in [4.69, 9.17) is 14.6 Å². The molecule has 1 aromatic rings. The number of aliphatic hydroxyl groups excluding tert-OH is 1. The van der Waals surface area contributed by atoms with Crippen molar-refractivity contribution in [1.29, 1.82) is 0 Å². The standard InChI is InChI=1S/C16H25NO3/c1-12-5-3-6-14-15(7-4-10-20-16(12)14)17-13(8-9-18)11-19-2/h3,5-6,13,15,17-18H,4,7-11H2,1-2H3. The Morgan fingerprint density at radius 2 is 2.35 bits per heavy atom. The van der Waals surface area contributed by atoms with Gasteiger partial charge in [0.1, 0.15) is 5.75 Å². The Kier molecular flexibility index (Phi) is 5.83. The summed E-state index contributed by atoms with van der Waals surface area (Å²) >= 11 is 0. The van der Waals surface area contributed by atoms with E-state index in [0.717, 1.165) is 25.2 Å². The molecule has 20 heavy (non-hydrogen) atoms. The van der Waals surface area contributed by atoms with Crippen molar-refractivity contribution in [1.82, 2.24) is 5.32 Å². The fourth-order valence-electron chi connectivity index (χ4n) is 2.79. The predicted octanol–water partition coefficient (Wildman–Crippen LogP) is 2.20. The lowest BCUT2D eigenvalue weighted by Crippen LogP contribution is -2.37. The second kappa shape index (κ2) is 7.62. The van der Waals surface area contributed by atoms with Crippen molar-refractivity contribution in [3.63, 3.8) is 0 Å². The van der Waals surface area contributed by atoms with Crippen molar-refractivity contribution in [2.75, 3.05) is 26.9 Å². The van der Waals surface area contributed by atoms with E-state index in [1.54, 1.807) is 7.11 Å². The van der Waals surface area contributed by atoms with Gasteiger partial charge in [0.15, 0.2) is 0 Å². The smallest absolute Gasteiger partial charge is 0.126 e. The summed E-state index contributed by atoms with van der Waals surface area (Å²) in [5, 5.41) is 12.8. The number of fused-ring (bicyclic) bond motifs is 1. The average molecular weight is 279 g/mol. The summed E-state index contributed by atoms with van der Waals surface area (Å²) < 4.78 is 11.1. The zero-order valence-corrected chi connectivity index (χ0v) is 12.4. The molecule has 0 saturated heterocycles. The van der Waals surface area contributed by atoms with E-state index in [2.05, 4.69) is 30.4 Å². The molecule has 2 atom stereocenters. The zero-order chi connectivity index (χ0) is 14.4. The van der Waals surface area contributed by atoms with Gasteiger partial charge in [0.2, 0.25) is 0 Å². The van der Waals surface area contributed by atoms with Gasteiger partial charge in [0, 0.05) is 31.4 Å². The fraction of sp³-hybridized carbons (Fsp3) is 0.625. The Morgan fingerprint density at radius 3 is 3.10 bits per heavy atom. The van der Waals surface area contributed by atoms with Crippen LogP contribution in [0.3, 0.4) is 0 Å². The zero-order valence-electron chi connectivity index (χ0n) is 12.4. The van der Waals surface area contributed by atoms with Crippen molar-refractivity contribution in [3.05, 3.63) is 29.3 Å². The Balaban J connectivity index is 2.17. The highest BCUT2D eigenvalue weighted by Gasteiger charge is 2.23. The van der Waals surface area contributed by atoms with Gasteiger partial charge in [-0.25, -0.2) is 0 Å². The molecule has 0 amide bonds. The number of rotatable bonds is 6. The first kappa shape index (κ1) is 15.3. The van der Waals surface area contributed by atoms with Crippen molar-refractivity contribution >= 4 is 0 Å². The van der Waals surface area contributed by atoms with E-state index in [9.17, 15) is 0 Å². The van der Waals surface area contributed by atoms with E-state index in [-0.39, 0.29) is 18.7 Å². The Morgan fingerprint density at radius 1 is 1.50 bits per heavy atom. The SMILES string of the molecule is COCC(CCO)NC1CCCOc2c(C)cccc21. The van der Waals surface area contributed by atoms with Crippen LogP contribution in [-0.2, 0) is 4.74 Å². The van der Waals surface area contributed by atoms with Gasteiger partial charge in [-0.15, -0.1) is 0 Å². The van der Waals surface area contributed by atoms with Gasteiger partial charge < -0.3 is 19.9 Å². The minimum absolute atomic E-state index is 0.168. The van der Waals surface area contributed by atoms with Crippen LogP contribution >= 0.6 is 0 Å². The van der Waals surface area contributed by atoms with Gasteiger partial charge in [-0.1, -0.05) is 18.2 Å². The maximum Gasteiger partial charge on any atom is 0.126 e. The number of methoxy groups -OCH3 is 1. The molecule has 0 aromatic heterocycles. The molecule has 0 radical (unpaired) electrons. The number of ether oxygens (including phenoxy) is 2. The number of aliphatic hydroxyl groups is 1. The third-order valence-electron chi connectivity index (χ3n) is 3.78. The number of hydrogen-bond acceptors (Lipinski definition) is 4. The van der Waals surface area contributed by atoms with Crippen molar-refractivity contribution in [2.24, 2.45) is 0 Å². The molecular formula is C16H25NO3. The van der Waals surface area contributed by atoms with Gasteiger partial charge in [-0.05, 0) is 31.7 Å². The summed E-state index contributed by atoms with van der Waals surface area (Å²) in [5.41, 5.74) is 2.41. The van der Waals surface area contributed by atoms with Crippen LogP contribution in [0.25, 0.3) is 0 Å². The van der Waals surface area contributed by atoms with Crippen LogP contribution < -0.4 is 10.1 Å². The molecular weight excluding hydrogens is 254 g/mol. The molecule has 1 aromatic carbocycles. The summed E-state index contributed by atoms with van der Waals surface area (Å²) in [6, 6.07) is 6.73. The lowest BCUT2D eigenvalue weighted by atomic mass is 9.98. The summed E-state index contributed by atoms with van der Waals surface area (Å²) in [6.07, 6.45) is 2.78. The topological polar surface area (TPSA) is 50.7 Å². The summed E-state index contributed by atoms with van der Waals surface area (Å²) in [5.74, 6) is 1.02. The Bertz CT molecular complexity index is 416. The molecule has 2 N–H and O–H groups in total. The van der Waals surface area contributed by atoms with Crippen LogP contribution in [0.1, 0.15) is 36.4 Å². The predicted molar refractivity (Wildman–Crippen MR) is 79.2 cm³/mol. The van der Waals surface area contributed by atoms with Crippen molar-refractivity contribution in [3.8, 4) is 5.75 Å². The van der Waals surface area contributed by atoms with Crippen LogP contribution in [0.4, 0.5) is 0 Å². The first-order valence-electron chi connectivity index (χ1n) is 7.34. The monoisotopic (exact) mass is 279 g/mol. The van der Waals surface area contributed by atoms with Crippen LogP contribution in [0.5, 0.6) is 5.75 Å². The van der Waals surface area contributed by atoms with Crippen LogP contribution in [-0.4, -0.2) is 38.1 Å². The average Bonchev–Trinajstić information content (AvgIpc) is 2.63. The fourth-order valence-corrected chi connectivity index (χ4v) is 2.79. The molecule has 1 heterocycles. The van der Waals surface area contributed by atoms with Gasteiger partial charge >= 0.3 is 0 Å². The highest BCUT2D eigenvalue weighted by atomic mass is 16.5. The molecule has 4 heteroatoms. The molecule has 1 aliphatic heterocycles. The highest BCUT2D eigenvalue weighted by Crippen LogP contribution is 2.34. The molecule has 0 bridgehead atoms. The number of benzene rings is 1. The lowest BCUT2D eigenvalue weighted by Gasteiger charge is -2.25. The van der Waals surface area contributed by atoms with Gasteiger partial charge in [0.25, 0.3) is 0 Å². The first-order valence-corrected chi connectivity index (χ1v) is 7.34. The minimum atomic E-state index is 0.168. The highest BCUT2D eigenvalue weighted by molar-refractivity contribution is 5.43. The van der Waals surface area contributed by atoms with Crippen LogP contribution in [0.2, 0.25) is 0 Å². The maximum absolute atomic E-state index is 9.17. The number of nitrogens with one attached hydrogen (secondary N) is 1. The molecule has 0 saturated carbocycles. The van der Waals surface area contributed by atoms with Crippen molar-refractivity contribution < 1.29 is 14.6 Å². The second-order valence-electron chi connectivity index (χ2n) is 5.37. The summed E-state index contributed by atoms with van der Waals surface area (Å²) in [6.45, 7) is 3.64. The third-order valence-corrected chi connectivity index (χ3v) is 3.78. The molecule has 2 rings (SSSR count). The second-order valence-corrected chi connectivity index (χ2v) is 5.37. The first-order chi connectivity index (χ1) is 9.76. The quantitative estimate of drug-likeness (QED) is 0.838. The number of aryl methyl sites for hydroxylation is 1. The molecule has 0 aliphatic carbocycles. The van der Waals surface area contributed by atoms with Crippen LogP contribution in [0.15, 0.2) is 18.2 Å². The Labute approximate surface area is 121 Å². The molecule has 2 unspecified atom stereocenters. The van der Waals surface area contributed by atoms with E-state index >= 15 is 0 Å². The third kappa shape index (κ3) is 3.72. The van der Waals surface area contributed by atoms with E-state index in [1.165, 1.54) is 11.1 Å². The summed E-state index contributed by atoms with van der Waals surface area (Å²) in [7, 11) is 1.69. The number of hydrogen-bond donors (Lipinski definition) is 2. The van der Waals surface area contributed by atoms with Gasteiger partial charge in [-0.3, -0.25) is 0 Å². The summed E-state index contributed by atoms with van der Waals surface area (Å²) in [4.78, 5) is 0. The van der Waals surface area contributed by atoms with E-state index < -0.39 is 0 Å². The van der Waals surface area contributed by atoms with E-state index in [1.807, 2.05) is 0 Å². The molecule has 0 fully saturated rings. The van der Waals surface area contributed by atoms with E-state index in [0.29, 0.717) is 13.0 Å².